The highest BCUT2D eigenvalue weighted by molar-refractivity contribution is 6.23. The molecule has 0 saturated carbocycles. The van der Waals surface area contributed by atoms with Crippen molar-refractivity contribution >= 4 is 68.8 Å². The normalized spacial score (nSPS) is 26.7. The van der Waals surface area contributed by atoms with Crippen LogP contribution in [0, 0.1) is 29.9 Å². The lowest BCUT2D eigenvalue weighted by molar-refractivity contribution is -0.144. The molecule has 7 atom stereocenters. The van der Waals surface area contributed by atoms with Crippen LogP contribution >= 0.6 is 0 Å². The standard InChI is InChI=1S/C61H63F2N11O8/c1-5-42-47(62)14-9-36-7-6-8-44(50(36)42)52-51(63)53-46(25-64-52)54(70-29-38-10-11-39(30-70)65-38)68-59(67-53)82-32-61-20-17-41(72(61)26-33(2)24-61)31-81-60(80)71-27-34(3)73(35(4)28-71)56(77)37-18-21-69(22-19-37)40-12-13-43-45(23-40)58(79)74(57(43)78)48-15-16-49(75)66-55(48)76/h1,6-9,12-14,23,25,34-35,37-39,41,48,65H,2,10-11,15-22,24,26-32H2,3-4H3,(H,66,75,76)/t34-,35+,38?,39?,41?,48?,61?. The van der Waals surface area contributed by atoms with Crippen molar-refractivity contribution in [3.05, 3.63) is 95.2 Å². The summed E-state index contributed by atoms with van der Waals surface area (Å²) in [6.45, 7) is 12.2. The highest BCUT2D eigenvalue weighted by Crippen LogP contribution is 2.45. The molecule has 6 amide bonds. The molecular formula is C61H63F2N11O8. The maximum atomic E-state index is 17.3. The molecule has 2 N–H and O–H groups in total. The van der Waals surface area contributed by atoms with Crippen molar-refractivity contribution in [1.82, 2.24) is 45.2 Å². The van der Waals surface area contributed by atoms with Gasteiger partial charge in [0.2, 0.25) is 17.7 Å². The Morgan fingerprint density at radius 1 is 0.878 bits per heavy atom. The summed E-state index contributed by atoms with van der Waals surface area (Å²) in [5, 5.41) is 7.35. The third kappa shape index (κ3) is 9.14. The van der Waals surface area contributed by atoms with E-state index in [9.17, 15) is 28.8 Å². The molecule has 13 rings (SSSR count). The Morgan fingerprint density at radius 2 is 1.63 bits per heavy atom. The van der Waals surface area contributed by atoms with Crippen LogP contribution in [0.2, 0.25) is 0 Å². The molecular weight excluding hydrogens is 1050 g/mol. The van der Waals surface area contributed by atoms with Gasteiger partial charge in [-0.1, -0.05) is 42.3 Å². The molecule has 3 aromatic carbocycles. The number of fused-ring (bicyclic) bond motifs is 6. The van der Waals surface area contributed by atoms with Gasteiger partial charge in [0.15, 0.2) is 5.82 Å². The number of nitrogens with one attached hydrogen (secondary N) is 2. The van der Waals surface area contributed by atoms with E-state index in [-0.39, 0.29) is 102 Å². The molecule has 0 radical (unpaired) electrons. The zero-order valence-corrected chi connectivity index (χ0v) is 45.8. The summed E-state index contributed by atoms with van der Waals surface area (Å²) in [7, 11) is 0. The van der Waals surface area contributed by atoms with E-state index in [1.54, 1.807) is 53.6 Å². The number of anilines is 2. The second-order valence-electron chi connectivity index (χ2n) is 23.7. The van der Waals surface area contributed by atoms with Gasteiger partial charge in [-0.3, -0.25) is 44.1 Å². The van der Waals surface area contributed by atoms with Gasteiger partial charge in [-0.05, 0) is 94.9 Å². The minimum Gasteiger partial charge on any atom is -0.461 e. The molecule has 0 spiro atoms. The van der Waals surface area contributed by atoms with Crippen molar-refractivity contribution in [1.29, 1.82) is 0 Å². The number of imide groups is 2. The summed E-state index contributed by atoms with van der Waals surface area (Å²) in [4.78, 5) is 105. The van der Waals surface area contributed by atoms with Crippen molar-refractivity contribution in [2.75, 3.05) is 68.8 Å². The van der Waals surface area contributed by atoms with Crippen molar-refractivity contribution in [2.24, 2.45) is 5.92 Å². The van der Waals surface area contributed by atoms with Crippen LogP contribution in [0.4, 0.5) is 25.1 Å². The number of rotatable bonds is 10. The number of aromatic nitrogens is 3. The molecule has 7 saturated heterocycles. The molecule has 2 aromatic heterocycles. The van der Waals surface area contributed by atoms with Gasteiger partial charge in [0.1, 0.15) is 42.1 Å². The van der Waals surface area contributed by atoms with Crippen LogP contribution in [0.3, 0.4) is 0 Å². The van der Waals surface area contributed by atoms with E-state index in [4.69, 9.17) is 25.9 Å². The number of halogens is 2. The topological polar surface area (TPSA) is 203 Å². The average Bonchev–Trinajstić information content (AvgIpc) is 4.38. The number of nitrogens with zero attached hydrogens (tertiary/aromatic N) is 9. The van der Waals surface area contributed by atoms with E-state index < -0.39 is 52.9 Å². The Labute approximate surface area is 472 Å². The quantitative estimate of drug-likeness (QED) is 0.0941. The van der Waals surface area contributed by atoms with Crippen molar-refractivity contribution in [3.63, 3.8) is 0 Å². The monoisotopic (exact) mass is 1120 g/mol. The second kappa shape index (κ2) is 20.7. The second-order valence-corrected chi connectivity index (χ2v) is 23.7. The Morgan fingerprint density at radius 3 is 2.38 bits per heavy atom. The first-order valence-electron chi connectivity index (χ1n) is 28.5. The van der Waals surface area contributed by atoms with Gasteiger partial charge < -0.3 is 34.4 Å². The van der Waals surface area contributed by atoms with Gasteiger partial charge in [0, 0.05) is 111 Å². The van der Waals surface area contributed by atoms with E-state index in [0.717, 1.165) is 41.8 Å². The summed E-state index contributed by atoms with van der Waals surface area (Å²) in [6, 6.07) is 12.0. The predicted octanol–water partition coefficient (Wildman–Crippen LogP) is 5.96. The van der Waals surface area contributed by atoms with Crippen LogP contribution in [0.1, 0.15) is 97.9 Å². The minimum absolute atomic E-state index is 0.0156. The SMILES string of the molecule is C#Cc1c(F)ccc2cccc(-c3ncc4c(N5CC6CCC(C5)N6)nc(OCC56CCC(COC(=O)N7C[C@@H](C)N(C(=O)C8CCN(c9ccc%10c(c9)C(=O)N(C9CCC(=O)NC9=O)C%10=O)CC8)[C@@H](C)C7)N5CC(=C)C6)nc4c3F)c12. The number of hydrogen-bond donors (Lipinski definition) is 2. The van der Waals surface area contributed by atoms with Crippen molar-refractivity contribution in [2.45, 2.75) is 113 Å². The molecule has 8 aliphatic heterocycles. The van der Waals surface area contributed by atoms with Crippen LogP contribution in [0.15, 0.2) is 66.9 Å². The number of carbonyl (C=O) groups is 6. The summed E-state index contributed by atoms with van der Waals surface area (Å²) >= 11 is 0. The number of piperidine rings is 2. The zero-order chi connectivity index (χ0) is 56.9. The van der Waals surface area contributed by atoms with Crippen LogP contribution in [0.5, 0.6) is 6.01 Å². The lowest BCUT2D eigenvalue weighted by Gasteiger charge is -2.46. The summed E-state index contributed by atoms with van der Waals surface area (Å²) in [5.74, 6) is -0.740. The van der Waals surface area contributed by atoms with Crippen molar-refractivity contribution in [3.8, 4) is 29.6 Å². The number of benzene rings is 3. The van der Waals surface area contributed by atoms with Gasteiger partial charge in [0.05, 0.1) is 27.6 Å². The minimum atomic E-state index is -1.05. The molecule has 2 bridgehead atoms. The van der Waals surface area contributed by atoms with Crippen molar-refractivity contribution < 1.29 is 47.0 Å². The molecule has 19 nitrogen and oxygen atoms in total. The maximum Gasteiger partial charge on any atom is 0.409 e. The summed E-state index contributed by atoms with van der Waals surface area (Å²) < 4.78 is 45.1. The molecule has 424 valence electrons. The van der Waals surface area contributed by atoms with Crippen LogP contribution in [0.25, 0.3) is 32.9 Å². The molecule has 21 heteroatoms. The van der Waals surface area contributed by atoms with E-state index in [2.05, 4.69) is 42.8 Å². The fourth-order valence-electron chi connectivity index (χ4n) is 14.5. The number of piperazine rings is 2. The number of ether oxygens (including phenoxy) is 2. The van der Waals surface area contributed by atoms with Gasteiger partial charge in [-0.25, -0.2) is 13.6 Å². The van der Waals surface area contributed by atoms with E-state index in [1.807, 2.05) is 18.7 Å². The number of carbonyl (C=O) groups excluding carboxylic acids is 6. The Kier molecular flexibility index (Phi) is 13.4. The zero-order valence-electron chi connectivity index (χ0n) is 45.8. The highest BCUT2D eigenvalue weighted by Gasteiger charge is 2.52. The third-order valence-electron chi connectivity index (χ3n) is 18.5. The van der Waals surface area contributed by atoms with Gasteiger partial charge in [0.25, 0.3) is 11.8 Å². The largest absolute Gasteiger partial charge is 0.461 e. The molecule has 10 heterocycles. The van der Waals surface area contributed by atoms with Crippen LogP contribution in [-0.4, -0.2) is 171 Å². The molecule has 8 aliphatic rings. The number of pyridine rings is 1. The van der Waals surface area contributed by atoms with Gasteiger partial charge in [-0.15, -0.1) is 6.42 Å². The average molecular weight is 1120 g/mol. The fraction of sp³-hybridized carbons (Fsp3) is 0.459. The molecule has 5 aromatic rings. The molecule has 0 aliphatic carbocycles. The van der Waals surface area contributed by atoms with Crippen LogP contribution < -0.4 is 25.2 Å². The predicted molar refractivity (Wildman–Crippen MR) is 299 cm³/mol. The first-order valence-corrected chi connectivity index (χ1v) is 28.5. The fourth-order valence-corrected chi connectivity index (χ4v) is 14.5. The van der Waals surface area contributed by atoms with E-state index in [0.29, 0.717) is 92.6 Å². The maximum absolute atomic E-state index is 17.3. The van der Waals surface area contributed by atoms with Gasteiger partial charge in [-0.2, -0.15) is 9.97 Å². The smallest absolute Gasteiger partial charge is 0.409 e. The summed E-state index contributed by atoms with van der Waals surface area (Å²) in [5.41, 5.74) is 2.05. The Hall–Kier alpha value is -8.09. The first-order chi connectivity index (χ1) is 39.6. The molecule has 5 unspecified atom stereocenters. The Balaban J connectivity index is 0.648. The number of terminal acetylenes is 1. The highest BCUT2D eigenvalue weighted by atomic mass is 19.1. The number of amides is 6. The lowest BCUT2D eigenvalue weighted by atomic mass is 9.92. The lowest BCUT2D eigenvalue weighted by Crippen LogP contribution is -2.61. The van der Waals surface area contributed by atoms with Gasteiger partial charge >= 0.3 is 12.1 Å². The summed E-state index contributed by atoms with van der Waals surface area (Å²) in [6.07, 6.45) is 12.3. The molecule has 82 heavy (non-hydrogen) atoms. The third-order valence-corrected chi connectivity index (χ3v) is 18.5. The number of hydrogen-bond acceptors (Lipinski definition) is 15. The molecule has 7 fully saturated rings. The van der Waals surface area contributed by atoms with E-state index in [1.165, 1.54) is 6.07 Å². The van der Waals surface area contributed by atoms with Crippen LogP contribution in [-0.2, 0) is 19.1 Å². The van der Waals surface area contributed by atoms with E-state index >= 15 is 8.78 Å². The Bertz CT molecular complexity index is 3580. The first kappa shape index (κ1) is 53.2.